The number of rotatable bonds is 6. The summed E-state index contributed by atoms with van der Waals surface area (Å²) in [6.07, 6.45) is 1.59. The van der Waals surface area contributed by atoms with E-state index in [9.17, 15) is 4.79 Å². The Morgan fingerprint density at radius 3 is 2.53 bits per heavy atom. The van der Waals surface area contributed by atoms with Crippen LogP contribution < -0.4 is 19.9 Å². The van der Waals surface area contributed by atoms with Crippen molar-refractivity contribution in [2.24, 2.45) is 5.92 Å². The Morgan fingerprint density at radius 1 is 1.00 bits per heavy atom. The van der Waals surface area contributed by atoms with E-state index in [4.69, 9.17) is 4.74 Å². The average Bonchev–Trinajstić information content (AvgIpc) is 2.88. The van der Waals surface area contributed by atoms with Crippen molar-refractivity contribution >= 4 is 17.3 Å². The molecule has 0 aromatic heterocycles. The lowest BCUT2D eigenvalue weighted by Crippen LogP contribution is -2.61. The summed E-state index contributed by atoms with van der Waals surface area (Å²) in [6.45, 7) is 5.49. The first-order valence-corrected chi connectivity index (χ1v) is 12.2. The Bertz CT molecular complexity index is 1130. The minimum Gasteiger partial charge on any atom is -0.497 e. The fourth-order valence-electron chi connectivity index (χ4n) is 5.30. The van der Waals surface area contributed by atoms with Gasteiger partial charge < -0.3 is 19.9 Å². The number of amides is 1. The zero-order chi connectivity index (χ0) is 23.5. The van der Waals surface area contributed by atoms with Crippen molar-refractivity contribution < 1.29 is 9.53 Å². The van der Waals surface area contributed by atoms with Gasteiger partial charge in [0.05, 0.1) is 19.1 Å². The molecule has 5 rings (SSSR count). The molecule has 176 valence electrons. The lowest BCUT2D eigenvalue weighted by molar-refractivity contribution is -0.125. The second kappa shape index (κ2) is 9.80. The van der Waals surface area contributed by atoms with E-state index in [2.05, 4.69) is 82.7 Å². The van der Waals surface area contributed by atoms with Gasteiger partial charge in [0, 0.05) is 37.6 Å². The summed E-state index contributed by atoms with van der Waals surface area (Å²) in [4.78, 5) is 18.4. The maximum Gasteiger partial charge on any atom is 0.225 e. The van der Waals surface area contributed by atoms with E-state index in [0.717, 1.165) is 38.2 Å². The van der Waals surface area contributed by atoms with Crippen molar-refractivity contribution in [3.8, 4) is 5.75 Å². The quantitative estimate of drug-likeness (QED) is 0.604. The van der Waals surface area contributed by atoms with Gasteiger partial charge in [0.2, 0.25) is 5.91 Å². The molecule has 1 amide bonds. The number of fused-ring (bicyclic) bond motifs is 3. The predicted molar refractivity (Wildman–Crippen MR) is 138 cm³/mol. The highest BCUT2D eigenvalue weighted by Crippen LogP contribution is 2.37. The molecule has 2 aliphatic rings. The third-order valence-corrected chi connectivity index (χ3v) is 7.23. The molecule has 3 aromatic rings. The van der Waals surface area contributed by atoms with Gasteiger partial charge in [-0.3, -0.25) is 4.79 Å². The normalized spacial score (nSPS) is 19.2. The van der Waals surface area contributed by atoms with Crippen LogP contribution in [0.2, 0.25) is 0 Å². The first-order valence-electron chi connectivity index (χ1n) is 12.2. The molecule has 1 fully saturated rings. The maximum absolute atomic E-state index is 13.5. The van der Waals surface area contributed by atoms with E-state index in [1.165, 1.54) is 28.1 Å². The van der Waals surface area contributed by atoms with E-state index < -0.39 is 0 Å². The summed E-state index contributed by atoms with van der Waals surface area (Å²) in [5.74, 6) is 0.937. The molecule has 2 atom stereocenters. The fraction of sp³-hybridized carbons (Fsp3) is 0.345. The number of piperazine rings is 1. The van der Waals surface area contributed by atoms with Crippen LogP contribution in [0.25, 0.3) is 0 Å². The van der Waals surface area contributed by atoms with Crippen molar-refractivity contribution in [3.63, 3.8) is 0 Å². The van der Waals surface area contributed by atoms with Gasteiger partial charge in [-0.05, 0) is 61.2 Å². The van der Waals surface area contributed by atoms with Crippen molar-refractivity contribution in [1.82, 2.24) is 5.32 Å². The van der Waals surface area contributed by atoms with Crippen LogP contribution in [0.5, 0.6) is 5.75 Å². The van der Waals surface area contributed by atoms with Crippen LogP contribution in [0, 0.1) is 12.8 Å². The van der Waals surface area contributed by atoms with Crippen LogP contribution in [0.3, 0.4) is 0 Å². The Labute approximate surface area is 202 Å². The van der Waals surface area contributed by atoms with Crippen molar-refractivity contribution in [2.45, 2.75) is 25.8 Å². The van der Waals surface area contributed by atoms with Gasteiger partial charge in [-0.25, -0.2) is 0 Å². The molecular formula is C29H33N3O2. The maximum atomic E-state index is 13.5. The number of methoxy groups -OCH3 is 1. The number of carbonyl (C=O) groups excluding carboxylic acids is 1. The fourth-order valence-corrected chi connectivity index (χ4v) is 5.30. The number of hydrogen-bond donors (Lipinski definition) is 1. The number of carbonyl (C=O) groups is 1. The molecule has 0 radical (unpaired) electrons. The molecule has 1 N–H and O–H groups in total. The highest BCUT2D eigenvalue weighted by atomic mass is 16.5. The summed E-state index contributed by atoms with van der Waals surface area (Å²) in [6, 6.07) is 25.5. The molecule has 0 aliphatic carbocycles. The lowest BCUT2D eigenvalue weighted by atomic mass is 9.83. The number of anilines is 2. The molecule has 2 heterocycles. The first kappa shape index (κ1) is 22.3. The largest absolute Gasteiger partial charge is 0.497 e. The van der Waals surface area contributed by atoms with Gasteiger partial charge in [0.15, 0.2) is 0 Å². The van der Waals surface area contributed by atoms with Crippen LogP contribution in [0.15, 0.2) is 72.8 Å². The third-order valence-electron chi connectivity index (χ3n) is 7.23. The lowest BCUT2D eigenvalue weighted by Gasteiger charge is -2.49. The van der Waals surface area contributed by atoms with E-state index in [0.29, 0.717) is 6.54 Å². The number of ether oxygens (including phenoxy) is 1. The van der Waals surface area contributed by atoms with Crippen molar-refractivity contribution in [3.05, 3.63) is 89.5 Å². The van der Waals surface area contributed by atoms with Gasteiger partial charge >= 0.3 is 0 Å². The SMILES string of the molecule is COc1ccc(CCNC(=O)[C@H]2Cc3ccccc3N3CCN(c4ccc(C)cc4)C[C@H]23)cc1. The van der Waals surface area contributed by atoms with Crippen molar-refractivity contribution in [2.75, 3.05) is 43.1 Å². The van der Waals surface area contributed by atoms with Gasteiger partial charge in [0.1, 0.15) is 5.75 Å². The monoisotopic (exact) mass is 455 g/mol. The van der Waals surface area contributed by atoms with Crippen LogP contribution in [0.4, 0.5) is 11.4 Å². The van der Waals surface area contributed by atoms with Gasteiger partial charge in [0.25, 0.3) is 0 Å². The van der Waals surface area contributed by atoms with E-state index in [1.54, 1.807) is 7.11 Å². The van der Waals surface area contributed by atoms with Crippen LogP contribution in [0.1, 0.15) is 16.7 Å². The summed E-state index contributed by atoms with van der Waals surface area (Å²) < 4.78 is 5.24. The Hall–Kier alpha value is -3.47. The Morgan fingerprint density at radius 2 is 1.76 bits per heavy atom. The summed E-state index contributed by atoms with van der Waals surface area (Å²) in [7, 11) is 1.67. The number of benzene rings is 3. The van der Waals surface area contributed by atoms with E-state index in [-0.39, 0.29) is 17.9 Å². The standard InChI is InChI=1S/C29H33N3O2/c1-21-7-11-24(12-8-21)31-17-18-32-27-6-4-3-5-23(27)19-26(28(32)20-31)29(33)30-16-15-22-9-13-25(34-2)14-10-22/h3-14,26,28H,15-20H2,1-2H3,(H,30,33)/t26-,28+/m0/s1. The minimum absolute atomic E-state index is 0.0704. The molecule has 0 saturated carbocycles. The number of hydrogen-bond acceptors (Lipinski definition) is 4. The van der Waals surface area contributed by atoms with Crippen LogP contribution in [-0.2, 0) is 17.6 Å². The highest BCUT2D eigenvalue weighted by molar-refractivity contribution is 5.82. The summed E-state index contributed by atoms with van der Waals surface area (Å²) in [5, 5.41) is 3.24. The molecule has 5 nitrogen and oxygen atoms in total. The number of nitrogens with zero attached hydrogens (tertiary/aromatic N) is 2. The first-order chi connectivity index (χ1) is 16.6. The van der Waals surface area contributed by atoms with Gasteiger partial charge in [-0.15, -0.1) is 0 Å². The molecule has 0 bridgehead atoms. The van der Waals surface area contributed by atoms with Gasteiger partial charge in [-0.2, -0.15) is 0 Å². The number of nitrogens with one attached hydrogen (secondary N) is 1. The molecule has 34 heavy (non-hydrogen) atoms. The number of para-hydroxylation sites is 1. The molecule has 2 aliphatic heterocycles. The Kier molecular flexibility index (Phi) is 6.43. The minimum atomic E-state index is -0.0704. The summed E-state index contributed by atoms with van der Waals surface area (Å²) >= 11 is 0. The Balaban J connectivity index is 1.31. The van der Waals surface area contributed by atoms with Gasteiger partial charge in [-0.1, -0.05) is 48.0 Å². The zero-order valence-electron chi connectivity index (χ0n) is 20.0. The molecule has 3 aromatic carbocycles. The van der Waals surface area contributed by atoms with E-state index in [1.807, 2.05) is 12.1 Å². The summed E-state index contributed by atoms with van der Waals surface area (Å²) in [5.41, 5.74) is 6.27. The molecule has 5 heteroatoms. The topological polar surface area (TPSA) is 44.8 Å². The van der Waals surface area contributed by atoms with Crippen LogP contribution in [-0.4, -0.2) is 45.2 Å². The zero-order valence-corrected chi connectivity index (χ0v) is 20.0. The van der Waals surface area contributed by atoms with Crippen LogP contribution >= 0.6 is 0 Å². The third kappa shape index (κ3) is 4.60. The van der Waals surface area contributed by atoms with E-state index >= 15 is 0 Å². The van der Waals surface area contributed by atoms with Crippen molar-refractivity contribution in [1.29, 1.82) is 0 Å². The molecular weight excluding hydrogens is 422 g/mol. The second-order valence-corrected chi connectivity index (χ2v) is 9.37. The second-order valence-electron chi connectivity index (χ2n) is 9.37. The molecule has 1 saturated heterocycles. The predicted octanol–water partition coefficient (Wildman–Crippen LogP) is 4.23. The smallest absolute Gasteiger partial charge is 0.225 e. The number of aryl methyl sites for hydroxylation is 1. The average molecular weight is 456 g/mol. The molecule has 0 unspecified atom stereocenters. The highest BCUT2D eigenvalue weighted by Gasteiger charge is 2.41. The molecule has 0 spiro atoms.